The lowest BCUT2D eigenvalue weighted by Crippen LogP contribution is -2.39. The summed E-state index contributed by atoms with van der Waals surface area (Å²) in [6.07, 6.45) is 1.53. The Labute approximate surface area is 96.2 Å². The lowest BCUT2D eigenvalue weighted by atomic mass is 10.1. The van der Waals surface area contributed by atoms with Gasteiger partial charge in [0, 0.05) is 19.0 Å². The molecule has 1 amide bonds. The van der Waals surface area contributed by atoms with Gasteiger partial charge in [-0.15, -0.1) is 0 Å². The molecule has 0 aliphatic carbocycles. The van der Waals surface area contributed by atoms with E-state index in [1.807, 2.05) is 23.1 Å². The summed E-state index contributed by atoms with van der Waals surface area (Å²) < 4.78 is 0. The van der Waals surface area contributed by atoms with Crippen LogP contribution in [0, 0.1) is 0 Å². The van der Waals surface area contributed by atoms with Crippen LogP contribution < -0.4 is 5.73 Å². The Morgan fingerprint density at radius 2 is 2.12 bits per heavy atom. The Morgan fingerprint density at radius 3 is 2.75 bits per heavy atom. The number of nitrogens with zero attached hydrogens (tertiary/aromatic N) is 1. The van der Waals surface area contributed by atoms with Gasteiger partial charge < -0.3 is 10.6 Å². The minimum atomic E-state index is 0.129. The molecule has 1 aromatic rings. The molecule has 0 aromatic heterocycles. The van der Waals surface area contributed by atoms with Crippen molar-refractivity contribution >= 4 is 5.91 Å². The monoisotopic (exact) mass is 218 g/mol. The zero-order chi connectivity index (χ0) is 11.5. The standard InChI is InChI=1S/C13H18N2O/c1-10(11-5-3-2-4-6-11)15-12(9-14)7-8-13(15)16/h2-6,10,12H,7-9,14H2,1H3. The maximum Gasteiger partial charge on any atom is 0.223 e. The second-order valence-electron chi connectivity index (χ2n) is 4.32. The van der Waals surface area contributed by atoms with Gasteiger partial charge in [-0.25, -0.2) is 0 Å². The van der Waals surface area contributed by atoms with Gasteiger partial charge in [0.05, 0.1) is 6.04 Å². The van der Waals surface area contributed by atoms with Gasteiger partial charge in [0.2, 0.25) is 5.91 Å². The molecule has 0 radical (unpaired) electrons. The number of nitrogens with two attached hydrogens (primary N) is 1. The molecule has 16 heavy (non-hydrogen) atoms. The largest absolute Gasteiger partial charge is 0.332 e. The first-order chi connectivity index (χ1) is 7.74. The van der Waals surface area contributed by atoms with Crippen molar-refractivity contribution in [1.29, 1.82) is 0 Å². The third kappa shape index (κ3) is 1.95. The molecule has 2 atom stereocenters. The van der Waals surface area contributed by atoms with Crippen LogP contribution in [0.1, 0.15) is 31.4 Å². The summed E-state index contributed by atoms with van der Waals surface area (Å²) >= 11 is 0. The summed E-state index contributed by atoms with van der Waals surface area (Å²) in [4.78, 5) is 13.8. The molecule has 0 spiro atoms. The zero-order valence-corrected chi connectivity index (χ0v) is 9.60. The number of rotatable bonds is 3. The van der Waals surface area contributed by atoms with Gasteiger partial charge >= 0.3 is 0 Å². The SMILES string of the molecule is CC(c1ccccc1)N1C(=O)CCC1CN. The first-order valence-electron chi connectivity index (χ1n) is 5.80. The van der Waals surface area contributed by atoms with Crippen LogP contribution in [0.15, 0.2) is 30.3 Å². The fraction of sp³-hybridized carbons (Fsp3) is 0.462. The van der Waals surface area contributed by atoms with Crippen molar-refractivity contribution in [3.05, 3.63) is 35.9 Å². The third-order valence-electron chi connectivity index (χ3n) is 3.34. The fourth-order valence-electron chi connectivity index (χ4n) is 2.42. The summed E-state index contributed by atoms with van der Waals surface area (Å²) in [6.45, 7) is 2.63. The minimum absolute atomic E-state index is 0.129. The van der Waals surface area contributed by atoms with E-state index in [9.17, 15) is 4.79 Å². The van der Waals surface area contributed by atoms with Crippen molar-refractivity contribution < 1.29 is 4.79 Å². The molecule has 1 fully saturated rings. The van der Waals surface area contributed by atoms with Crippen LogP contribution in [0.2, 0.25) is 0 Å². The topological polar surface area (TPSA) is 46.3 Å². The van der Waals surface area contributed by atoms with Gasteiger partial charge in [-0.05, 0) is 18.9 Å². The molecular formula is C13H18N2O. The van der Waals surface area contributed by atoms with Crippen LogP contribution in [0.25, 0.3) is 0 Å². The van der Waals surface area contributed by atoms with Crippen molar-refractivity contribution in [3.63, 3.8) is 0 Å². The van der Waals surface area contributed by atoms with E-state index in [1.165, 1.54) is 5.56 Å². The van der Waals surface area contributed by atoms with Gasteiger partial charge in [-0.1, -0.05) is 30.3 Å². The van der Waals surface area contributed by atoms with E-state index in [0.29, 0.717) is 13.0 Å². The first-order valence-corrected chi connectivity index (χ1v) is 5.80. The van der Waals surface area contributed by atoms with Crippen LogP contribution in [0.3, 0.4) is 0 Å². The molecule has 1 aliphatic rings. The van der Waals surface area contributed by atoms with Gasteiger partial charge in [0.25, 0.3) is 0 Å². The summed E-state index contributed by atoms with van der Waals surface area (Å²) in [7, 11) is 0. The number of carbonyl (C=O) groups excluding carboxylic acids is 1. The molecule has 0 saturated carbocycles. The van der Waals surface area contributed by atoms with Crippen molar-refractivity contribution in [2.75, 3.05) is 6.54 Å². The smallest absolute Gasteiger partial charge is 0.223 e. The van der Waals surface area contributed by atoms with E-state index in [0.717, 1.165) is 6.42 Å². The number of benzene rings is 1. The second-order valence-corrected chi connectivity index (χ2v) is 4.32. The van der Waals surface area contributed by atoms with Crippen molar-refractivity contribution in [1.82, 2.24) is 4.90 Å². The van der Waals surface area contributed by atoms with Crippen LogP contribution in [-0.2, 0) is 4.79 Å². The maximum atomic E-state index is 11.8. The van der Waals surface area contributed by atoms with E-state index in [1.54, 1.807) is 0 Å². The van der Waals surface area contributed by atoms with Crippen molar-refractivity contribution in [3.8, 4) is 0 Å². The second kappa shape index (κ2) is 4.66. The van der Waals surface area contributed by atoms with E-state index in [4.69, 9.17) is 5.73 Å². The van der Waals surface area contributed by atoms with Crippen LogP contribution in [0.5, 0.6) is 0 Å². The van der Waals surface area contributed by atoms with E-state index in [-0.39, 0.29) is 18.0 Å². The van der Waals surface area contributed by atoms with Gasteiger partial charge in [0.1, 0.15) is 0 Å². The normalized spacial score (nSPS) is 22.5. The molecule has 2 N–H and O–H groups in total. The molecule has 86 valence electrons. The Morgan fingerprint density at radius 1 is 1.44 bits per heavy atom. The lowest BCUT2D eigenvalue weighted by molar-refractivity contribution is -0.130. The number of likely N-dealkylation sites (tertiary alicyclic amines) is 1. The van der Waals surface area contributed by atoms with E-state index >= 15 is 0 Å². The Balaban J connectivity index is 2.20. The van der Waals surface area contributed by atoms with Crippen molar-refractivity contribution in [2.45, 2.75) is 31.8 Å². The number of hydrogen-bond donors (Lipinski definition) is 1. The summed E-state index contributed by atoms with van der Waals surface area (Å²) in [5.74, 6) is 0.229. The predicted octanol–water partition coefficient (Wildman–Crippen LogP) is 1.70. The third-order valence-corrected chi connectivity index (χ3v) is 3.34. The Hall–Kier alpha value is -1.35. The lowest BCUT2D eigenvalue weighted by Gasteiger charge is -2.30. The molecule has 0 bridgehead atoms. The molecule has 2 unspecified atom stereocenters. The van der Waals surface area contributed by atoms with Gasteiger partial charge in [-0.3, -0.25) is 4.79 Å². The number of hydrogen-bond acceptors (Lipinski definition) is 2. The summed E-state index contributed by atoms with van der Waals surface area (Å²) in [5, 5.41) is 0. The predicted molar refractivity (Wildman–Crippen MR) is 63.8 cm³/mol. The van der Waals surface area contributed by atoms with Crippen molar-refractivity contribution in [2.24, 2.45) is 5.73 Å². The van der Waals surface area contributed by atoms with Gasteiger partial charge in [-0.2, -0.15) is 0 Å². The van der Waals surface area contributed by atoms with Crippen LogP contribution in [-0.4, -0.2) is 23.4 Å². The average Bonchev–Trinajstić information content (AvgIpc) is 2.70. The van der Waals surface area contributed by atoms with E-state index in [2.05, 4.69) is 19.1 Å². The minimum Gasteiger partial charge on any atom is -0.332 e. The van der Waals surface area contributed by atoms with Crippen LogP contribution >= 0.6 is 0 Å². The molecule has 1 aliphatic heterocycles. The quantitative estimate of drug-likeness (QED) is 0.839. The molecule has 2 rings (SSSR count). The average molecular weight is 218 g/mol. The highest BCUT2D eigenvalue weighted by atomic mass is 16.2. The molecule has 1 saturated heterocycles. The molecule has 1 heterocycles. The van der Waals surface area contributed by atoms with E-state index < -0.39 is 0 Å². The fourth-order valence-corrected chi connectivity index (χ4v) is 2.42. The summed E-state index contributed by atoms with van der Waals surface area (Å²) in [6, 6.07) is 10.5. The van der Waals surface area contributed by atoms with Gasteiger partial charge in [0.15, 0.2) is 0 Å². The number of carbonyl (C=O) groups is 1. The number of amides is 1. The molecule has 3 nitrogen and oxygen atoms in total. The summed E-state index contributed by atoms with van der Waals surface area (Å²) in [5.41, 5.74) is 6.89. The highest BCUT2D eigenvalue weighted by Crippen LogP contribution is 2.29. The first kappa shape index (κ1) is 11.1. The molecule has 1 aromatic carbocycles. The highest BCUT2D eigenvalue weighted by molar-refractivity contribution is 5.79. The zero-order valence-electron chi connectivity index (χ0n) is 9.60. The Bertz CT molecular complexity index is 363. The maximum absolute atomic E-state index is 11.8. The molecular weight excluding hydrogens is 200 g/mol. The van der Waals surface area contributed by atoms with Crippen LogP contribution in [0.4, 0.5) is 0 Å². The molecule has 3 heteroatoms. The Kier molecular flexibility index (Phi) is 3.25. The highest BCUT2D eigenvalue weighted by Gasteiger charge is 2.33.